The highest BCUT2D eigenvalue weighted by molar-refractivity contribution is 5.95. The van der Waals surface area contributed by atoms with Crippen LogP contribution in [0.2, 0.25) is 0 Å². The molecular formula is C16H24N2O3. The summed E-state index contributed by atoms with van der Waals surface area (Å²) in [6.07, 6.45) is 0. The summed E-state index contributed by atoms with van der Waals surface area (Å²) < 4.78 is 10.5. The Balaban J connectivity index is 2.29. The largest absolute Gasteiger partial charge is 0.497 e. The molecule has 0 radical (unpaired) electrons. The van der Waals surface area contributed by atoms with Gasteiger partial charge in [-0.25, -0.2) is 0 Å². The number of nitrogens with zero attached hydrogens (tertiary/aromatic N) is 1. The van der Waals surface area contributed by atoms with E-state index in [9.17, 15) is 4.79 Å². The molecule has 0 bridgehead atoms. The molecule has 116 valence electrons. The Morgan fingerprint density at radius 3 is 2.38 bits per heavy atom. The van der Waals surface area contributed by atoms with Gasteiger partial charge >= 0.3 is 0 Å². The molecule has 0 saturated carbocycles. The summed E-state index contributed by atoms with van der Waals surface area (Å²) in [5.41, 5.74) is 0.610. The van der Waals surface area contributed by atoms with Gasteiger partial charge in [-0.1, -0.05) is 13.8 Å². The van der Waals surface area contributed by atoms with Crippen molar-refractivity contribution >= 4 is 5.91 Å². The normalized spacial score (nSPS) is 18.7. The van der Waals surface area contributed by atoms with Gasteiger partial charge in [0, 0.05) is 37.3 Å². The molecule has 0 aromatic heterocycles. The number of amides is 1. The van der Waals surface area contributed by atoms with Crippen molar-refractivity contribution in [1.82, 2.24) is 10.2 Å². The van der Waals surface area contributed by atoms with E-state index in [4.69, 9.17) is 9.47 Å². The highest BCUT2D eigenvalue weighted by Gasteiger charge is 2.29. The van der Waals surface area contributed by atoms with Crippen molar-refractivity contribution < 1.29 is 14.3 Å². The highest BCUT2D eigenvalue weighted by atomic mass is 16.5. The van der Waals surface area contributed by atoms with E-state index in [-0.39, 0.29) is 11.9 Å². The third kappa shape index (κ3) is 3.47. The molecule has 1 amide bonds. The Bertz CT molecular complexity index is 480. The summed E-state index contributed by atoms with van der Waals surface area (Å²) in [5, 5.41) is 3.35. The van der Waals surface area contributed by atoms with Gasteiger partial charge in [0.15, 0.2) is 0 Å². The van der Waals surface area contributed by atoms with Gasteiger partial charge in [-0.3, -0.25) is 4.79 Å². The topological polar surface area (TPSA) is 50.8 Å². The van der Waals surface area contributed by atoms with Gasteiger partial charge in [-0.05, 0) is 18.1 Å². The summed E-state index contributed by atoms with van der Waals surface area (Å²) in [6, 6.07) is 5.52. The molecule has 1 unspecified atom stereocenters. The maximum Gasteiger partial charge on any atom is 0.254 e. The number of benzene rings is 1. The summed E-state index contributed by atoms with van der Waals surface area (Å²) in [7, 11) is 3.18. The fourth-order valence-corrected chi connectivity index (χ4v) is 2.67. The standard InChI is InChI=1S/C16H24N2O3/c1-11(2)15-10-17-5-6-18(15)16(19)12-7-13(20-3)9-14(8-12)21-4/h7-9,11,15,17H,5-6,10H2,1-4H3. The maximum atomic E-state index is 12.8. The van der Waals surface area contributed by atoms with Crippen LogP contribution in [0.4, 0.5) is 0 Å². The van der Waals surface area contributed by atoms with Gasteiger partial charge in [0.1, 0.15) is 11.5 Å². The van der Waals surface area contributed by atoms with Crippen LogP contribution in [0, 0.1) is 5.92 Å². The van der Waals surface area contributed by atoms with Gasteiger partial charge in [0.05, 0.1) is 14.2 Å². The fraction of sp³-hybridized carbons (Fsp3) is 0.562. The van der Waals surface area contributed by atoms with Crippen molar-refractivity contribution in [1.29, 1.82) is 0 Å². The monoisotopic (exact) mass is 292 g/mol. The van der Waals surface area contributed by atoms with E-state index in [0.29, 0.717) is 23.0 Å². The van der Waals surface area contributed by atoms with Crippen molar-refractivity contribution in [2.24, 2.45) is 5.92 Å². The molecule has 1 atom stereocenters. The number of hydrogen-bond acceptors (Lipinski definition) is 4. The number of piperazine rings is 1. The number of nitrogens with one attached hydrogen (secondary N) is 1. The lowest BCUT2D eigenvalue weighted by molar-refractivity contribution is 0.0572. The number of methoxy groups -OCH3 is 2. The molecule has 21 heavy (non-hydrogen) atoms. The third-order valence-corrected chi connectivity index (χ3v) is 3.91. The number of ether oxygens (including phenoxy) is 2. The predicted octanol–water partition coefficient (Wildman–Crippen LogP) is 1.77. The van der Waals surface area contributed by atoms with E-state index in [1.54, 1.807) is 32.4 Å². The number of hydrogen-bond donors (Lipinski definition) is 1. The number of carbonyl (C=O) groups excluding carboxylic acids is 1. The Morgan fingerprint density at radius 1 is 1.24 bits per heavy atom. The van der Waals surface area contributed by atoms with E-state index in [1.165, 1.54) is 0 Å². The Labute approximate surface area is 126 Å². The van der Waals surface area contributed by atoms with Crippen molar-refractivity contribution in [2.45, 2.75) is 19.9 Å². The van der Waals surface area contributed by atoms with E-state index in [0.717, 1.165) is 19.6 Å². The van der Waals surface area contributed by atoms with Crippen LogP contribution in [-0.2, 0) is 0 Å². The third-order valence-electron chi connectivity index (χ3n) is 3.91. The van der Waals surface area contributed by atoms with Crippen LogP contribution in [-0.4, -0.2) is 50.7 Å². The fourth-order valence-electron chi connectivity index (χ4n) is 2.67. The van der Waals surface area contributed by atoms with E-state index < -0.39 is 0 Å². The van der Waals surface area contributed by atoms with Gasteiger partial charge < -0.3 is 19.7 Å². The first-order valence-electron chi connectivity index (χ1n) is 7.31. The first kappa shape index (κ1) is 15.6. The van der Waals surface area contributed by atoms with Crippen LogP contribution in [0.25, 0.3) is 0 Å². The van der Waals surface area contributed by atoms with Crippen LogP contribution in [0.5, 0.6) is 11.5 Å². The molecule has 1 aliphatic heterocycles. The first-order valence-corrected chi connectivity index (χ1v) is 7.31. The second-order valence-electron chi connectivity index (χ2n) is 5.62. The molecule has 1 fully saturated rings. The van der Waals surface area contributed by atoms with Crippen LogP contribution in [0.15, 0.2) is 18.2 Å². The molecule has 1 aromatic rings. The molecule has 1 aromatic carbocycles. The zero-order valence-corrected chi connectivity index (χ0v) is 13.2. The molecule has 2 rings (SSSR count). The summed E-state index contributed by atoms with van der Waals surface area (Å²) >= 11 is 0. The quantitative estimate of drug-likeness (QED) is 0.919. The molecule has 1 saturated heterocycles. The minimum atomic E-state index is 0.0346. The zero-order chi connectivity index (χ0) is 15.4. The molecule has 5 heteroatoms. The molecule has 1 aliphatic rings. The summed E-state index contributed by atoms with van der Waals surface area (Å²) in [4.78, 5) is 14.8. The zero-order valence-electron chi connectivity index (χ0n) is 13.2. The Morgan fingerprint density at radius 2 is 1.86 bits per heavy atom. The predicted molar refractivity (Wildman–Crippen MR) is 82.1 cm³/mol. The molecule has 5 nitrogen and oxygen atoms in total. The molecule has 0 aliphatic carbocycles. The second kappa shape index (κ2) is 6.80. The SMILES string of the molecule is COc1cc(OC)cc(C(=O)N2CCNCC2C(C)C)c1. The van der Waals surface area contributed by atoms with Crippen molar-refractivity contribution in [2.75, 3.05) is 33.9 Å². The Kier molecular flexibility index (Phi) is 5.07. The second-order valence-corrected chi connectivity index (χ2v) is 5.62. The van der Waals surface area contributed by atoms with Crippen LogP contribution < -0.4 is 14.8 Å². The summed E-state index contributed by atoms with van der Waals surface area (Å²) in [6.45, 7) is 6.68. The number of rotatable bonds is 4. The average molecular weight is 292 g/mol. The average Bonchev–Trinajstić information content (AvgIpc) is 2.53. The van der Waals surface area contributed by atoms with Crippen LogP contribution >= 0.6 is 0 Å². The van der Waals surface area contributed by atoms with Gasteiger partial charge in [-0.15, -0.1) is 0 Å². The smallest absolute Gasteiger partial charge is 0.254 e. The van der Waals surface area contributed by atoms with E-state index in [2.05, 4.69) is 19.2 Å². The summed E-state index contributed by atoms with van der Waals surface area (Å²) in [5.74, 6) is 1.71. The minimum Gasteiger partial charge on any atom is -0.497 e. The lowest BCUT2D eigenvalue weighted by Gasteiger charge is -2.38. The van der Waals surface area contributed by atoms with Crippen molar-refractivity contribution in [3.8, 4) is 11.5 Å². The minimum absolute atomic E-state index is 0.0346. The van der Waals surface area contributed by atoms with Crippen LogP contribution in [0.1, 0.15) is 24.2 Å². The first-order chi connectivity index (χ1) is 10.1. The van der Waals surface area contributed by atoms with E-state index >= 15 is 0 Å². The van der Waals surface area contributed by atoms with Gasteiger partial charge in [0.2, 0.25) is 0 Å². The Hall–Kier alpha value is -1.75. The van der Waals surface area contributed by atoms with Crippen molar-refractivity contribution in [3.05, 3.63) is 23.8 Å². The van der Waals surface area contributed by atoms with Crippen LogP contribution in [0.3, 0.4) is 0 Å². The van der Waals surface area contributed by atoms with Gasteiger partial charge in [0.25, 0.3) is 5.91 Å². The molecular weight excluding hydrogens is 268 g/mol. The van der Waals surface area contributed by atoms with Crippen molar-refractivity contribution in [3.63, 3.8) is 0 Å². The molecule has 1 heterocycles. The molecule has 0 spiro atoms. The lowest BCUT2D eigenvalue weighted by atomic mass is 9.99. The lowest BCUT2D eigenvalue weighted by Crippen LogP contribution is -2.55. The van der Waals surface area contributed by atoms with Gasteiger partial charge in [-0.2, -0.15) is 0 Å². The maximum absolute atomic E-state index is 12.8. The highest BCUT2D eigenvalue weighted by Crippen LogP contribution is 2.25. The molecule has 1 N–H and O–H groups in total. The number of carbonyl (C=O) groups is 1. The van der Waals surface area contributed by atoms with E-state index in [1.807, 2.05) is 4.90 Å².